The Labute approximate surface area is 105 Å². The van der Waals surface area contributed by atoms with E-state index < -0.39 is 5.91 Å². The molecule has 0 aliphatic carbocycles. The second-order valence-electron chi connectivity index (χ2n) is 4.48. The van der Waals surface area contributed by atoms with Gasteiger partial charge in [0.25, 0.3) is 5.91 Å². The summed E-state index contributed by atoms with van der Waals surface area (Å²) in [4.78, 5) is 11.2. The summed E-state index contributed by atoms with van der Waals surface area (Å²) in [5.41, 5.74) is 15.4. The predicted octanol–water partition coefficient (Wildman–Crippen LogP) is 1.48. The number of aromatic nitrogens is 2. The van der Waals surface area contributed by atoms with Crippen LogP contribution in [-0.2, 0) is 0 Å². The van der Waals surface area contributed by atoms with Crippen molar-refractivity contribution in [2.45, 2.75) is 20.8 Å². The van der Waals surface area contributed by atoms with Crippen molar-refractivity contribution in [1.29, 1.82) is 0 Å². The van der Waals surface area contributed by atoms with E-state index in [4.69, 9.17) is 11.5 Å². The molecule has 4 N–H and O–H groups in total. The average molecular weight is 244 g/mol. The number of hydrogen-bond acceptors (Lipinski definition) is 3. The molecule has 0 spiro atoms. The van der Waals surface area contributed by atoms with Crippen LogP contribution in [0.3, 0.4) is 0 Å². The minimum atomic E-state index is -0.568. The van der Waals surface area contributed by atoms with E-state index in [0.717, 1.165) is 16.8 Å². The third-order valence-electron chi connectivity index (χ3n) is 2.87. The van der Waals surface area contributed by atoms with E-state index in [1.807, 2.05) is 20.8 Å². The van der Waals surface area contributed by atoms with Crippen LogP contribution in [0, 0.1) is 20.8 Å². The quantitative estimate of drug-likeness (QED) is 0.838. The number of nitrogens with two attached hydrogens (primary N) is 2. The summed E-state index contributed by atoms with van der Waals surface area (Å²) in [6.07, 6.45) is 1.57. The minimum absolute atomic E-state index is 0.155. The molecule has 0 saturated heterocycles. The van der Waals surface area contributed by atoms with Gasteiger partial charge in [0.05, 0.1) is 5.69 Å². The lowest BCUT2D eigenvalue weighted by molar-refractivity contribution is 0.100. The fourth-order valence-corrected chi connectivity index (χ4v) is 2.23. The average Bonchev–Trinajstić information content (AvgIpc) is 2.58. The van der Waals surface area contributed by atoms with Gasteiger partial charge in [0, 0.05) is 6.20 Å². The third-order valence-corrected chi connectivity index (χ3v) is 2.87. The van der Waals surface area contributed by atoms with Gasteiger partial charge in [0.2, 0.25) is 0 Å². The van der Waals surface area contributed by atoms with E-state index in [9.17, 15) is 4.79 Å². The van der Waals surface area contributed by atoms with Gasteiger partial charge in [-0.2, -0.15) is 0 Å². The maximum Gasteiger partial charge on any atom is 0.254 e. The highest BCUT2D eigenvalue weighted by Crippen LogP contribution is 2.22. The number of nitrogens with zero attached hydrogens (tertiary/aromatic N) is 2. The summed E-state index contributed by atoms with van der Waals surface area (Å²) in [6.45, 7) is 6.03. The van der Waals surface area contributed by atoms with Crippen molar-refractivity contribution >= 4 is 11.7 Å². The number of carbonyl (C=O) groups excluding carboxylic acids is 1. The monoisotopic (exact) mass is 244 g/mol. The molecule has 0 fully saturated rings. The Hall–Kier alpha value is -2.30. The van der Waals surface area contributed by atoms with Crippen molar-refractivity contribution in [2.24, 2.45) is 5.73 Å². The van der Waals surface area contributed by atoms with Gasteiger partial charge in [-0.25, -0.2) is 4.68 Å². The highest BCUT2D eigenvalue weighted by Gasteiger charge is 2.14. The zero-order valence-electron chi connectivity index (χ0n) is 10.7. The molecular formula is C13H16N4O. The summed E-state index contributed by atoms with van der Waals surface area (Å²) >= 11 is 0. The molecule has 0 aliphatic rings. The summed E-state index contributed by atoms with van der Waals surface area (Å²) < 4.78 is 1.61. The maximum atomic E-state index is 11.2. The number of amides is 1. The molecule has 1 heterocycles. The first-order valence-electron chi connectivity index (χ1n) is 5.63. The van der Waals surface area contributed by atoms with Gasteiger partial charge in [0.15, 0.2) is 5.82 Å². The van der Waals surface area contributed by atoms with Gasteiger partial charge in [-0.3, -0.25) is 4.79 Å². The van der Waals surface area contributed by atoms with Crippen molar-refractivity contribution in [3.8, 4) is 5.69 Å². The third kappa shape index (κ3) is 1.95. The van der Waals surface area contributed by atoms with E-state index in [-0.39, 0.29) is 11.4 Å². The Morgan fingerprint density at radius 1 is 1.22 bits per heavy atom. The predicted molar refractivity (Wildman–Crippen MR) is 70.7 cm³/mol. The maximum absolute atomic E-state index is 11.2. The second kappa shape index (κ2) is 4.18. The Morgan fingerprint density at radius 2 is 1.78 bits per heavy atom. The molecule has 18 heavy (non-hydrogen) atoms. The zero-order valence-corrected chi connectivity index (χ0v) is 10.7. The van der Waals surface area contributed by atoms with E-state index in [0.29, 0.717) is 0 Å². The van der Waals surface area contributed by atoms with E-state index >= 15 is 0 Å². The van der Waals surface area contributed by atoms with Gasteiger partial charge in [-0.05, 0) is 31.9 Å². The number of benzene rings is 1. The van der Waals surface area contributed by atoms with Crippen LogP contribution in [0.15, 0.2) is 18.3 Å². The number of rotatable bonds is 2. The lowest BCUT2D eigenvalue weighted by Crippen LogP contribution is -2.11. The first-order chi connectivity index (χ1) is 8.40. The molecule has 5 nitrogen and oxygen atoms in total. The Bertz CT molecular complexity index is 605. The van der Waals surface area contributed by atoms with Gasteiger partial charge >= 0.3 is 0 Å². The van der Waals surface area contributed by atoms with Crippen LogP contribution in [0.4, 0.5) is 5.82 Å². The summed E-state index contributed by atoms with van der Waals surface area (Å²) in [7, 11) is 0. The normalized spacial score (nSPS) is 10.6. The second-order valence-corrected chi connectivity index (χ2v) is 4.48. The minimum Gasteiger partial charge on any atom is -0.382 e. The van der Waals surface area contributed by atoms with E-state index in [2.05, 4.69) is 17.2 Å². The molecule has 1 aromatic heterocycles. The van der Waals surface area contributed by atoms with Crippen molar-refractivity contribution in [1.82, 2.24) is 9.78 Å². The SMILES string of the molecule is Cc1cc(C)c(-n2cc(C(N)=O)c(N)n2)c(C)c1. The number of hydrogen-bond donors (Lipinski definition) is 2. The molecule has 0 unspecified atom stereocenters. The number of anilines is 1. The summed E-state index contributed by atoms with van der Waals surface area (Å²) in [6, 6.07) is 4.12. The van der Waals surface area contributed by atoms with Gasteiger partial charge in [-0.15, -0.1) is 5.10 Å². The summed E-state index contributed by atoms with van der Waals surface area (Å²) in [5.74, 6) is -0.414. The van der Waals surface area contributed by atoms with Crippen LogP contribution in [-0.4, -0.2) is 15.7 Å². The number of nitrogen functional groups attached to an aromatic ring is 1. The van der Waals surface area contributed by atoms with E-state index in [1.54, 1.807) is 10.9 Å². The van der Waals surface area contributed by atoms with Crippen molar-refractivity contribution in [2.75, 3.05) is 5.73 Å². The molecule has 0 bridgehead atoms. The van der Waals surface area contributed by atoms with Gasteiger partial charge in [-0.1, -0.05) is 17.7 Å². The Balaban J connectivity index is 2.63. The highest BCUT2D eigenvalue weighted by atomic mass is 16.1. The number of primary amides is 1. The first kappa shape index (κ1) is 12.2. The smallest absolute Gasteiger partial charge is 0.254 e. The topological polar surface area (TPSA) is 86.9 Å². The standard InChI is InChI=1S/C13H16N4O/c1-7-4-8(2)11(9(3)5-7)17-6-10(13(15)18)12(14)16-17/h4-6H,1-3H3,(H2,14,16)(H2,15,18). The molecule has 5 heteroatoms. The fourth-order valence-electron chi connectivity index (χ4n) is 2.23. The van der Waals surface area contributed by atoms with Gasteiger partial charge in [0.1, 0.15) is 5.56 Å². The largest absolute Gasteiger partial charge is 0.382 e. The van der Waals surface area contributed by atoms with Crippen LogP contribution in [0.1, 0.15) is 27.0 Å². The highest BCUT2D eigenvalue weighted by molar-refractivity contribution is 5.97. The zero-order chi connectivity index (χ0) is 13.4. The van der Waals surface area contributed by atoms with E-state index in [1.165, 1.54) is 5.56 Å². The van der Waals surface area contributed by atoms with Gasteiger partial charge < -0.3 is 11.5 Å². The van der Waals surface area contributed by atoms with Crippen LogP contribution < -0.4 is 11.5 Å². The van der Waals surface area contributed by atoms with Crippen LogP contribution >= 0.6 is 0 Å². The van der Waals surface area contributed by atoms with Crippen molar-refractivity contribution in [3.05, 3.63) is 40.6 Å². The lowest BCUT2D eigenvalue weighted by atomic mass is 10.1. The molecule has 1 aromatic carbocycles. The Morgan fingerprint density at radius 3 is 2.22 bits per heavy atom. The molecule has 1 amide bonds. The fraction of sp³-hybridized carbons (Fsp3) is 0.231. The lowest BCUT2D eigenvalue weighted by Gasteiger charge is -2.10. The molecule has 2 rings (SSSR count). The van der Waals surface area contributed by atoms with Crippen LogP contribution in [0.2, 0.25) is 0 Å². The molecule has 2 aromatic rings. The number of aryl methyl sites for hydroxylation is 3. The van der Waals surface area contributed by atoms with Crippen LogP contribution in [0.5, 0.6) is 0 Å². The first-order valence-corrected chi connectivity index (χ1v) is 5.63. The Kier molecular flexibility index (Phi) is 2.82. The molecule has 94 valence electrons. The molecule has 0 radical (unpaired) electrons. The molecular weight excluding hydrogens is 228 g/mol. The molecule has 0 aliphatic heterocycles. The number of carbonyl (C=O) groups is 1. The van der Waals surface area contributed by atoms with Crippen molar-refractivity contribution in [3.63, 3.8) is 0 Å². The molecule has 0 atom stereocenters. The molecule has 0 saturated carbocycles. The van der Waals surface area contributed by atoms with Crippen molar-refractivity contribution < 1.29 is 4.79 Å². The summed E-state index contributed by atoms with van der Waals surface area (Å²) in [5, 5.41) is 4.15. The van der Waals surface area contributed by atoms with Crippen LogP contribution in [0.25, 0.3) is 5.69 Å².